The van der Waals surface area contributed by atoms with Crippen LogP contribution in [0.25, 0.3) is 11.2 Å². The molecule has 2 aliphatic rings. The predicted molar refractivity (Wildman–Crippen MR) is 144 cm³/mol. The summed E-state index contributed by atoms with van der Waals surface area (Å²) >= 11 is 7.95. The van der Waals surface area contributed by atoms with Crippen LogP contribution in [0.3, 0.4) is 0 Å². The van der Waals surface area contributed by atoms with Crippen LogP contribution in [-0.2, 0) is 12.8 Å². The van der Waals surface area contributed by atoms with E-state index < -0.39 is 0 Å². The van der Waals surface area contributed by atoms with Gasteiger partial charge in [-0.05, 0) is 60.4 Å². The lowest BCUT2D eigenvalue weighted by Gasteiger charge is -2.39. The van der Waals surface area contributed by atoms with Gasteiger partial charge in [0.1, 0.15) is 22.2 Å². The number of rotatable bonds is 6. The molecule has 0 unspecified atom stereocenters. The number of piperidine rings is 1. The first-order valence-electron chi connectivity index (χ1n) is 12.3. The van der Waals surface area contributed by atoms with E-state index in [0.717, 1.165) is 34.3 Å². The Bertz CT molecular complexity index is 1380. The smallest absolute Gasteiger partial charge is 0.179 e. The lowest BCUT2D eigenvalue weighted by molar-refractivity contribution is 0.232. The monoisotopic (exact) mass is 518 g/mol. The fraction of sp³-hybridized carbons (Fsp3) is 0.333. The Morgan fingerprint density at radius 3 is 2.53 bits per heavy atom. The highest BCUT2D eigenvalue weighted by atomic mass is 35.5. The van der Waals surface area contributed by atoms with Gasteiger partial charge in [0.05, 0.1) is 17.8 Å². The third-order valence-electron chi connectivity index (χ3n) is 7.24. The maximum absolute atomic E-state index is 9.04. The third kappa shape index (κ3) is 4.61. The second-order valence-electron chi connectivity index (χ2n) is 9.55. The first kappa shape index (κ1) is 23.5. The highest BCUT2D eigenvalue weighted by Crippen LogP contribution is 2.45. The van der Waals surface area contributed by atoms with E-state index in [2.05, 4.69) is 44.5 Å². The molecule has 0 amide bonds. The number of aromatic nitrogens is 4. The first-order chi connectivity index (χ1) is 17.6. The molecule has 1 spiro atoms. The van der Waals surface area contributed by atoms with Gasteiger partial charge in [0, 0.05) is 30.7 Å². The topological polar surface area (TPSA) is 87.1 Å². The maximum atomic E-state index is 9.04. The molecule has 4 heterocycles. The predicted octanol–water partition coefficient (Wildman–Crippen LogP) is 5.01. The molecule has 0 saturated carbocycles. The molecule has 1 aliphatic carbocycles. The quantitative estimate of drug-likeness (QED) is 0.368. The van der Waals surface area contributed by atoms with E-state index in [4.69, 9.17) is 26.7 Å². The van der Waals surface area contributed by atoms with Crippen LogP contribution in [0.1, 0.15) is 24.0 Å². The number of aliphatic hydroxyl groups is 1. The molecule has 0 atom stereocenters. The van der Waals surface area contributed by atoms with Crippen LogP contribution in [0.5, 0.6) is 0 Å². The van der Waals surface area contributed by atoms with Crippen LogP contribution in [0, 0.1) is 5.41 Å². The highest BCUT2D eigenvalue weighted by molar-refractivity contribution is 7.99. The fourth-order valence-corrected chi connectivity index (χ4v) is 6.44. The summed E-state index contributed by atoms with van der Waals surface area (Å²) in [6.45, 7) is 2.40. The molecule has 3 aromatic heterocycles. The van der Waals surface area contributed by atoms with Gasteiger partial charge in [0.25, 0.3) is 0 Å². The molecule has 9 heteroatoms. The lowest BCUT2D eigenvalue weighted by atomic mass is 9.76. The maximum Gasteiger partial charge on any atom is 0.179 e. The summed E-state index contributed by atoms with van der Waals surface area (Å²) in [5.41, 5.74) is 4.87. The largest absolute Gasteiger partial charge is 0.395 e. The van der Waals surface area contributed by atoms with Crippen LogP contribution in [0.15, 0.2) is 64.8 Å². The highest BCUT2D eigenvalue weighted by Gasteiger charge is 2.39. The number of fused-ring (bicyclic) bond motifs is 2. The van der Waals surface area contributed by atoms with Crippen molar-refractivity contribution >= 4 is 46.2 Å². The van der Waals surface area contributed by atoms with Gasteiger partial charge >= 0.3 is 0 Å². The van der Waals surface area contributed by atoms with E-state index in [9.17, 15) is 0 Å². The van der Waals surface area contributed by atoms with E-state index in [-0.39, 0.29) is 6.61 Å². The number of pyridine rings is 2. The molecule has 6 rings (SSSR count). The van der Waals surface area contributed by atoms with Crippen LogP contribution < -0.4 is 10.2 Å². The average molecular weight is 519 g/mol. The van der Waals surface area contributed by atoms with Crippen molar-refractivity contribution in [3.05, 3.63) is 71.0 Å². The van der Waals surface area contributed by atoms with Crippen molar-refractivity contribution in [2.75, 3.05) is 36.5 Å². The van der Waals surface area contributed by atoms with Gasteiger partial charge in [-0.25, -0.2) is 19.9 Å². The van der Waals surface area contributed by atoms with Crippen molar-refractivity contribution in [2.45, 2.75) is 35.6 Å². The number of hydrogen-bond donors (Lipinski definition) is 2. The minimum absolute atomic E-state index is 0.00876. The Morgan fingerprint density at radius 1 is 1.00 bits per heavy atom. The second-order valence-corrected chi connectivity index (χ2v) is 11.0. The van der Waals surface area contributed by atoms with Crippen molar-refractivity contribution in [2.24, 2.45) is 5.41 Å². The Labute approximate surface area is 219 Å². The molecule has 1 aliphatic heterocycles. The molecule has 1 saturated heterocycles. The van der Waals surface area contributed by atoms with Crippen LogP contribution in [0.2, 0.25) is 5.02 Å². The van der Waals surface area contributed by atoms with Crippen LogP contribution >= 0.6 is 23.4 Å². The van der Waals surface area contributed by atoms with E-state index in [1.165, 1.54) is 48.6 Å². The van der Waals surface area contributed by atoms with Crippen molar-refractivity contribution < 1.29 is 5.11 Å². The molecule has 7 nitrogen and oxygen atoms in total. The normalized spacial score (nSPS) is 16.4. The van der Waals surface area contributed by atoms with Gasteiger partial charge in [-0.3, -0.25) is 0 Å². The summed E-state index contributed by atoms with van der Waals surface area (Å²) in [5, 5.41) is 13.4. The summed E-state index contributed by atoms with van der Waals surface area (Å²) in [7, 11) is 0. The molecule has 4 aromatic rings. The minimum atomic E-state index is 0.00876. The Morgan fingerprint density at radius 2 is 1.78 bits per heavy atom. The summed E-state index contributed by atoms with van der Waals surface area (Å²) in [5.74, 6) is 1.47. The Hall–Kier alpha value is -2.94. The molecule has 2 N–H and O–H groups in total. The summed E-state index contributed by atoms with van der Waals surface area (Å²) < 4.78 is 0. The summed E-state index contributed by atoms with van der Waals surface area (Å²) in [6.07, 6.45) is 8.29. The van der Waals surface area contributed by atoms with Gasteiger partial charge in [-0.1, -0.05) is 47.6 Å². The molecule has 0 radical (unpaired) electrons. The molecular formula is C27H27ClN6OS. The average Bonchev–Trinajstić information content (AvgIpc) is 3.27. The van der Waals surface area contributed by atoms with Crippen LogP contribution in [-0.4, -0.2) is 51.3 Å². The van der Waals surface area contributed by atoms with Gasteiger partial charge in [-0.15, -0.1) is 0 Å². The van der Waals surface area contributed by atoms with E-state index >= 15 is 0 Å². The van der Waals surface area contributed by atoms with E-state index in [1.54, 1.807) is 6.20 Å². The molecule has 0 bridgehead atoms. The second kappa shape index (κ2) is 9.84. The van der Waals surface area contributed by atoms with Gasteiger partial charge in [-0.2, -0.15) is 0 Å². The third-order valence-corrected chi connectivity index (χ3v) is 8.73. The van der Waals surface area contributed by atoms with Crippen molar-refractivity contribution in [1.82, 2.24) is 19.9 Å². The van der Waals surface area contributed by atoms with Crippen molar-refractivity contribution in [1.29, 1.82) is 0 Å². The molecule has 1 aromatic carbocycles. The number of anilines is 2. The molecule has 1 fully saturated rings. The number of nitrogens with zero attached hydrogens (tertiary/aromatic N) is 5. The van der Waals surface area contributed by atoms with Crippen LogP contribution in [0.4, 0.5) is 11.6 Å². The fourth-order valence-electron chi connectivity index (χ4n) is 5.34. The lowest BCUT2D eigenvalue weighted by Crippen LogP contribution is -2.41. The van der Waals surface area contributed by atoms with Gasteiger partial charge in [0.15, 0.2) is 5.65 Å². The zero-order valence-electron chi connectivity index (χ0n) is 19.8. The number of benzene rings is 1. The van der Waals surface area contributed by atoms with E-state index in [0.29, 0.717) is 28.4 Å². The zero-order chi connectivity index (χ0) is 24.5. The number of halogens is 1. The first-order valence-corrected chi connectivity index (χ1v) is 13.4. The standard InChI is InChI=1S/C27H27ClN6OS/c28-24-21(7-10-29-26(24)30-11-14-35)36-23-6-5-20-25(33-23)31-17-22(32-20)34-12-8-27(9-13-34)15-18-3-1-2-4-19(18)16-27/h1-7,10,17,35H,8-9,11-16H2,(H,29,30). The van der Waals surface area contributed by atoms with Crippen molar-refractivity contribution in [3.8, 4) is 0 Å². The number of aliphatic hydroxyl groups excluding tert-OH is 1. The molecule has 184 valence electrons. The van der Waals surface area contributed by atoms with Gasteiger partial charge < -0.3 is 15.3 Å². The van der Waals surface area contributed by atoms with Crippen molar-refractivity contribution in [3.63, 3.8) is 0 Å². The molecular weight excluding hydrogens is 492 g/mol. The SMILES string of the molecule is OCCNc1nccc(Sc2ccc3nc(N4CCC5(CC4)Cc4ccccc4C5)cnc3n2)c1Cl. The zero-order valence-corrected chi connectivity index (χ0v) is 21.4. The number of hydrogen-bond acceptors (Lipinski definition) is 8. The molecule has 36 heavy (non-hydrogen) atoms. The summed E-state index contributed by atoms with van der Waals surface area (Å²) in [6, 6.07) is 14.7. The Balaban J connectivity index is 1.15. The van der Waals surface area contributed by atoms with E-state index in [1.807, 2.05) is 24.4 Å². The number of nitrogens with one attached hydrogen (secondary N) is 1. The minimum Gasteiger partial charge on any atom is -0.395 e. The Kier molecular flexibility index (Phi) is 6.41. The van der Waals surface area contributed by atoms with Gasteiger partial charge in [0.2, 0.25) is 0 Å². The summed E-state index contributed by atoms with van der Waals surface area (Å²) in [4.78, 5) is 21.7.